The molecule has 0 spiro atoms. The molecular weight excluding hydrogens is 459 g/mol. The molecule has 2 heterocycles. The molecule has 0 saturated carbocycles. The van der Waals surface area contributed by atoms with E-state index in [9.17, 15) is 18.0 Å². The average molecular weight is 483 g/mol. The van der Waals surface area contributed by atoms with Crippen molar-refractivity contribution in [3.05, 3.63) is 70.5 Å². The zero-order valence-electron chi connectivity index (χ0n) is 19.0. The van der Waals surface area contributed by atoms with Gasteiger partial charge in [-0.05, 0) is 72.9 Å². The molecular formula is C25H24F3N5O2. The van der Waals surface area contributed by atoms with Crippen LogP contribution in [0.25, 0.3) is 33.8 Å². The van der Waals surface area contributed by atoms with Gasteiger partial charge in [0.05, 0.1) is 12.2 Å². The van der Waals surface area contributed by atoms with E-state index in [4.69, 9.17) is 4.74 Å². The summed E-state index contributed by atoms with van der Waals surface area (Å²) in [6.45, 7) is 2.32. The van der Waals surface area contributed by atoms with Gasteiger partial charge in [-0.3, -0.25) is 4.79 Å². The van der Waals surface area contributed by atoms with Crippen LogP contribution < -0.4 is 10.3 Å². The predicted octanol–water partition coefficient (Wildman–Crippen LogP) is 5.70. The van der Waals surface area contributed by atoms with E-state index in [1.807, 2.05) is 49.4 Å². The molecule has 0 aliphatic heterocycles. The minimum absolute atomic E-state index is 0.0995. The Morgan fingerprint density at radius 3 is 2.31 bits per heavy atom. The summed E-state index contributed by atoms with van der Waals surface area (Å²) >= 11 is 0. The van der Waals surface area contributed by atoms with Gasteiger partial charge < -0.3 is 9.72 Å². The fourth-order valence-electron chi connectivity index (χ4n) is 3.69. The highest BCUT2D eigenvalue weighted by molar-refractivity contribution is 5.83. The quantitative estimate of drug-likeness (QED) is 0.298. The van der Waals surface area contributed by atoms with Crippen LogP contribution in [0.5, 0.6) is 5.75 Å². The lowest BCUT2D eigenvalue weighted by atomic mass is 9.97. The van der Waals surface area contributed by atoms with Crippen molar-refractivity contribution >= 4 is 0 Å². The van der Waals surface area contributed by atoms with Gasteiger partial charge in [0.25, 0.3) is 5.56 Å². The summed E-state index contributed by atoms with van der Waals surface area (Å²) in [5.41, 5.74) is 3.95. The number of nitrogens with one attached hydrogen (secondary N) is 2. The molecule has 4 rings (SSSR count). The number of nitrogens with zero attached hydrogens (tertiary/aromatic N) is 3. The number of alkyl halides is 3. The third kappa shape index (κ3) is 6.34. The van der Waals surface area contributed by atoms with Crippen LogP contribution in [-0.2, 0) is 0 Å². The molecule has 0 bridgehead atoms. The van der Waals surface area contributed by atoms with Crippen molar-refractivity contribution in [2.75, 3.05) is 6.61 Å². The van der Waals surface area contributed by atoms with Crippen molar-refractivity contribution in [1.82, 2.24) is 25.6 Å². The number of hydrogen-bond acceptors (Lipinski definition) is 5. The minimum atomic E-state index is -4.11. The topological polar surface area (TPSA) is 96.5 Å². The summed E-state index contributed by atoms with van der Waals surface area (Å²) in [6.07, 6.45) is -3.78. The zero-order chi connectivity index (χ0) is 24.8. The smallest absolute Gasteiger partial charge is 0.389 e. The lowest BCUT2D eigenvalue weighted by molar-refractivity contribution is -0.135. The molecule has 0 unspecified atom stereocenters. The number of unbranched alkanes of at least 4 members (excludes halogenated alkanes) is 2. The predicted molar refractivity (Wildman–Crippen MR) is 126 cm³/mol. The second-order valence-corrected chi connectivity index (χ2v) is 8.20. The number of rotatable bonds is 9. The molecule has 0 aliphatic rings. The van der Waals surface area contributed by atoms with Crippen LogP contribution in [0.15, 0.2) is 59.4 Å². The monoisotopic (exact) mass is 483 g/mol. The van der Waals surface area contributed by atoms with E-state index in [2.05, 4.69) is 25.6 Å². The van der Waals surface area contributed by atoms with E-state index in [-0.39, 0.29) is 17.8 Å². The number of tetrazole rings is 1. The highest BCUT2D eigenvalue weighted by Crippen LogP contribution is 2.31. The van der Waals surface area contributed by atoms with E-state index in [0.29, 0.717) is 42.0 Å². The normalized spacial score (nSPS) is 11.5. The first-order chi connectivity index (χ1) is 16.8. The summed E-state index contributed by atoms with van der Waals surface area (Å²) in [5.74, 6) is 0.807. The molecule has 0 fully saturated rings. The van der Waals surface area contributed by atoms with Crippen LogP contribution in [0.2, 0.25) is 0 Å². The fourth-order valence-corrected chi connectivity index (χ4v) is 3.69. The molecule has 182 valence electrons. The Labute approximate surface area is 199 Å². The van der Waals surface area contributed by atoms with Crippen molar-refractivity contribution in [2.24, 2.45) is 0 Å². The average Bonchev–Trinajstić information content (AvgIpc) is 3.35. The molecule has 35 heavy (non-hydrogen) atoms. The van der Waals surface area contributed by atoms with Gasteiger partial charge in [-0.15, -0.1) is 10.2 Å². The molecule has 0 amide bonds. The molecule has 0 saturated heterocycles. The third-order valence-electron chi connectivity index (χ3n) is 5.50. The van der Waals surface area contributed by atoms with E-state index < -0.39 is 12.6 Å². The second-order valence-electron chi connectivity index (χ2n) is 8.20. The Morgan fingerprint density at radius 2 is 1.66 bits per heavy atom. The van der Waals surface area contributed by atoms with Gasteiger partial charge in [-0.25, -0.2) is 0 Å². The highest BCUT2D eigenvalue weighted by Gasteiger charge is 2.25. The summed E-state index contributed by atoms with van der Waals surface area (Å²) in [5, 5.41) is 13.9. The van der Waals surface area contributed by atoms with E-state index >= 15 is 0 Å². The molecule has 4 aromatic rings. The van der Waals surface area contributed by atoms with E-state index in [1.54, 1.807) is 12.1 Å². The van der Waals surface area contributed by atoms with Crippen LogP contribution in [0.4, 0.5) is 13.2 Å². The number of aromatic nitrogens is 5. The van der Waals surface area contributed by atoms with Crippen molar-refractivity contribution in [1.29, 1.82) is 0 Å². The number of ether oxygens (including phenoxy) is 1. The van der Waals surface area contributed by atoms with Gasteiger partial charge in [0.15, 0.2) is 0 Å². The number of H-pyrrole nitrogens is 2. The van der Waals surface area contributed by atoms with Crippen molar-refractivity contribution in [3.8, 4) is 39.5 Å². The SMILES string of the molecule is Cc1ccc(-c2cc(-c3ccc(OCCCCCC(F)(F)F)cc3)[nH]c(=O)c2-c2nn[nH]n2)cc1. The lowest BCUT2D eigenvalue weighted by Crippen LogP contribution is -2.12. The van der Waals surface area contributed by atoms with Crippen molar-refractivity contribution in [2.45, 2.75) is 38.8 Å². The van der Waals surface area contributed by atoms with Gasteiger partial charge in [0.2, 0.25) is 5.82 Å². The van der Waals surface area contributed by atoms with Gasteiger partial charge in [-0.2, -0.15) is 18.4 Å². The van der Waals surface area contributed by atoms with Crippen LogP contribution in [0, 0.1) is 6.92 Å². The maximum Gasteiger partial charge on any atom is 0.389 e. The number of halogens is 3. The first-order valence-electron chi connectivity index (χ1n) is 11.2. The molecule has 10 heteroatoms. The van der Waals surface area contributed by atoms with Gasteiger partial charge in [-0.1, -0.05) is 29.8 Å². The fraction of sp³-hybridized carbons (Fsp3) is 0.280. The van der Waals surface area contributed by atoms with Crippen LogP contribution >= 0.6 is 0 Å². The van der Waals surface area contributed by atoms with Crippen LogP contribution in [0.1, 0.15) is 31.2 Å². The largest absolute Gasteiger partial charge is 0.494 e. The lowest BCUT2D eigenvalue weighted by Gasteiger charge is -2.11. The Morgan fingerprint density at radius 1 is 0.943 bits per heavy atom. The molecule has 2 aromatic heterocycles. The van der Waals surface area contributed by atoms with Gasteiger partial charge >= 0.3 is 6.18 Å². The summed E-state index contributed by atoms with van der Waals surface area (Å²) in [6, 6.07) is 16.8. The number of aromatic amines is 2. The van der Waals surface area contributed by atoms with E-state index in [0.717, 1.165) is 16.7 Å². The number of hydrogen-bond donors (Lipinski definition) is 2. The standard InChI is InChI=1S/C25H24F3N5O2/c1-16-5-7-17(8-6-16)20-15-21(29-24(34)22(20)23-30-32-33-31-23)18-9-11-19(12-10-18)35-14-4-2-3-13-25(26,27)28/h5-12,15H,2-4,13-14H2,1H3,(H,29,34)(H,30,31,32,33). The summed E-state index contributed by atoms with van der Waals surface area (Å²) in [7, 11) is 0. The van der Waals surface area contributed by atoms with Crippen LogP contribution in [0.3, 0.4) is 0 Å². The first-order valence-corrected chi connectivity index (χ1v) is 11.2. The zero-order valence-corrected chi connectivity index (χ0v) is 19.0. The summed E-state index contributed by atoms with van der Waals surface area (Å²) < 4.78 is 42.2. The third-order valence-corrected chi connectivity index (χ3v) is 5.50. The maximum atomic E-state index is 13.1. The molecule has 0 radical (unpaired) electrons. The molecule has 2 N–H and O–H groups in total. The van der Waals surface area contributed by atoms with Gasteiger partial charge in [0.1, 0.15) is 5.75 Å². The van der Waals surface area contributed by atoms with Crippen molar-refractivity contribution in [3.63, 3.8) is 0 Å². The molecule has 2 aromatic carbocycles. The van der Waals surface area contributed by atoms with Gasteiger partial charge in [0, 0.05) is 17.7 Å². The number of aryl methyl sites for hydroxylation is 1. The molecule has 7 nitrogen and oxygen atoms in total. The second kappa shape index (κ2) is 10.5. The van der Waals surface area contributed by atoms with Crippen molar-refractivity contribution < 1.29 is 17.9 Å². The molecule has 0 aliphatic carbocycles. The maximum absolute atomic E-state index is 13.1. The minimum Gasteiger partial charge on any atom is -0.494 e. The Balaban J connectivity index is 1.52. The summed E-state index contributed by atoms with van der Waals surface area (Å²) in [4.78, 5) is 15.9. The first kappa shape index (κ1) is 24.2. The highest BCUT2D eigenvalue weighted by atomic mass is 19.4. The Kier molecular flexibility index (Phi) is 7.28. The molecule has 0 atom stereocenters. The van der Waals surface area contributed by atoms with E-state index in [1.165, 1.54) is 0 Å². The number of benzene rings is 2. The Bertz CT molecular complexity index is 1300. The van der Waals surface area contributed by atoms with Crippen LogP contribution in [-0.4, -0.2) is 38.4 Å². The Hall–Kier alpha value is -3.95. The number of pyridine rings is 1.